The van der Waals surface area contributed by atoms with E-state index in [9.17, 15) is 27.2 Å². The molecule has 1 aliphatic rings. The highest BCUT2D eigenvalue weighted by molar-refractivity contribution is 5.99. The molecular weight excluding hydrogens is 508 g/mol. The summed E-state index contributed by atoms with van der Waals surface area (Å²) in [7, 11) is 1.45. The molecule has 200 valence electrons. The van der Waals surface area contributed by atoms with Crippen molar-refractivity contribution < 1.29 is 36.6 Å². The van der Waals surface area contributed by atoms with Crippen LogP contribution in [0.15, 0.2) is 60.9 Å². The number of nitrogens with one attached hydrogen (secondary N) is 3. The maximum atomic E-state index is 13.3. The summed E-state index contributed by atoms with van der Waals surface area (Å²) in [4.78, 5) is 29.9. The minimum absolute atomic E-state index is 0.00988. The van der Waals surface area contributed by atoms with Gasteiger partial charge in [0.1, 0.15) is 17.1 Å². The van der Waals surface area contributed by atoms with Crippen LogP contribution in [0.2, 0.25) is 0 Å². The smallest absolute Gasteiger partial charge is 0.418 e. The van der Waals surface area contributed by atoms with Crippen LogP contribution >= 0.6 is 0 Å². The number of pyridine rings is 1. The topological polar surface area (TPSA) is 102 Å². The third kappa shape index (κ3) is 6.20. The first kappa shape index (κ1) is 26.9. The minimum Gasteiger partial charge on any atom is -0.495 e. The molecule has 1 aliphatic heterocycles. The molecule has 2 amide bonds. The van der Waals surface area contributed by atoms with Gasteiger partial charge in [0.2, 0.25) is 5.91 Å². The van der Waals surface area contributed by atoms with Crippen molar-refractivity contribution in [3.05, 3.63) is 83.4 Å². The molecule has 12 heteroatoms. The summed E-state index contributed by atoms with van der Waals surface area (Å²) >= 11 is 0. The van der Waals surface area contributed by atoms with Crippen LogP contribution in [0.5, 0.6) is 5.75 Å². The molecule has 0 bridgehead atoms. The van der Waals surface area contributed by atoms with Crippen molar-refractivity contribution in [2.45, 2.75) is 24.7 Å². The first-order chi connectivity index (χ1) is 18.1. The SMILES string of the molecule is COc1cncc(C(=O)N[C@@]2(C(=O)NCc3ccc(Nc4ccc(F)cc4C(F)(F)F)cc3)CCOC2)c1. The fourth-order valence-electron chi connectivity index (χ4n) is 3.92. The number of alkyl halides is 3. The van der Waals surface area contributed by atoms with Gasteiger partial charge in [-0.15, -0.1) is 0 Å². The summed E-state index contributed by atoms with van der Waals surface area (Å²) in [5.41, 5.74) is -1.46. The first-order valence-corrected chi connectivity index (χ1v) is 11.5. The van der Waals surface area contributed by atoms with Gasteiger partial charge in [-0.05, 0) is 42.0 Å². The molecule has 0 unspecified atom stereocenters. The van der Waals surface area contributed by atoms with Gasteiger partial charge in [-0.1, -0.05) is 12.1 Å². The number of carbonyl (C=O) groups excluding carboxylic acids is 2. The van der Waals surface area contributed by atoms with Crippen LogP contribution in [0, 0.1) is 5.82 Å². The fourth-order valence-corrected chi connectivity index (χ4v) is 3.92. The number of halogens is 4. The summed E-state index contributed by atoms with van der Waals surface area (Å²) in [6.07, 6.45) is -1.65. The number of amides is 2. The van der Waals surface area contributed by atoms with E-state index in [-0.39, 0.29) is 37.4 Å². The van der Waals surface area contributed by atoms with E-state index >= 15 is 0 Å². The molecule has 0 radical (unpaired) electrons. The molecule has 2 aromatic carbocycles. The Morgan fingerprint density at radius 2 is 1.87 bits per heavy atom. The van der Waals surface area contributed by atoms with Gasteiger partial charge >= 0.3 is 6.18 Å². The Hall–Kier alpha value is -4.19. The minimum atomic E-state index is -4.73. The Balaban J connectivity index is 1.40. The molecule has 1 saturated heterocycles. The molecule has 1 atom stereocenters. The highest BCUT2D eigenvalue weighted by Crippen LogP contribution is 2.36. The van der Waals surface area contributed by atoms with E-state index in [1.807, 2.05) is 0 Å². The summed E-state index contributed by atoms with van der Waals surface area (Å²) in [6, 6.07) is 10.2. The quantitative estimate of drug-likeness (QED) is 0.376. The zero-order chi connectivity index (χ0) is 27.3. The lowest BCUT2D eigenvalue weighted by atomic mass is 9.96. The van der Waals surface area contributed by atoms with Crippen molar-refractivity contribution >= 4 is 23.2 Å². The average Bonchev–Trinajstić information content (AvgIpc) is 3.38. The van der Waals surface area contributed by atoms with Gasteiger partial charge in [-0.3, -0.25) is 14.6 Å². The Morgan fingerprint density at radius 1 is 1.11 bits per heavy atom. The third-order valence-corrected chi connectivity index (χ3v) is 5.99. The largest absolute Gasteiger partial charge is 0.495 e. The number of anilines is 2. The van der Waals surface area contributed by atoms with E-state index in [4.69, 9.17) is 9.47 Å². The number of aromatic nitrogens is 1. The van der Waals surface area contributed by atoms with E-state index in [0.717, 1.165) is 12.1 Å². The maximum absolute atomic E-state index is 13.3. The van der Waals surface area contributed by atoms with Crippen LogP contribution in [0.25, 0.3) is 0 Å². The van der Waals surface area contributed by atoms with Crippen molar-refractivity contribution in [3.8, 4) is 5.75 Å². The predicted molar refractivity (Wildman–Crippen MR) is 129 cm³/mol. The van der Waals surface area contributed by atoms with E-state index in [1.165, 1.54) is 37.7 Å². The highest BCUT2D eigenvalue weighted by Gasteiger charge is 2.43. The van der Waals surface area contributed by atoms with E-state index in [2.05, 4.69) is 20.9 Å². The number of benzene rings is 2. The van der Waals surface area contributed by atoms with Crippen LogP contribution in [-0.2, 0) is 22.3 Å². The Bertz CT molecular complexity index is 1310. The number of nitrogens with zero attached hydrogens (tertiary/aromatic N) is 1. The van der Waals surface area contributed by atoms with Gasteiger partial charge in [0, 0.05) is 31.5 Å². The second kappa shape index (κ2) is 11.1. The Labute approximate surface area is 215 Å². The monoisotopic (exact) mass is 532 g/mol. The maximum Gasteiger partial charge on any atom is 0.418 e. The van der Waals surface area contributed by atoms with Crippen molar-refractivity contribution in [2.75, 3.05) is 25.6 Å². The van der Waals surface area contributed by atoms with Crippen molar-refractivity contribution in [2.24, 2.45) is 0 Å². The summed E-state index contributed by atoms with van der Waals surface area (Å²) in [6.45, 7) is 0.375. The van der Waals surface area contributed by atoms with Gasteiger partial charge in [-0.2, -0.15) is 13.2 Å². The van der Waals surface area contributed by atoms with Gasteiger partial charge in [-0.25, -0.2) is 4.39 Å². The molecule has 0 spiro atoms. The molecule has 4 rings (SSSR count). The average molecular weight is 532 g/mol. The first-order valence-electron chi connectivity index (χ1n) is 11.5. The molecule has 0 saturated carbocycles. The number of hydrogen-bond acceptors (Lipinski definition) is 6. The lowest BCUT2D eigenvalue weighted by Gasteiger charge is -2.27. The van der Waals surface area contributed by atoms with Crippen molar-refractivity contribution in [1.82, 2.24) is 15.6 Å². The van der Waals surface area contributed by atoms with Crippen LogP contribution in [0.3, 0.4) is 0 Å². The fraction of sp³-hybridized carbons (Fsp3) is 0.269. The van der Waals surface area contributed by atoms with Crippen LogP contribution in [0.4, 0.5) is 28.9 Å². The zero-order valence-corrected chi connectivity index (χ0v) is 20.2. The molecule has 3 N–H and O–H groups in total. The van der Waals surface area contributed by atoms with E-state index in [0.29, 0.717) is 23.1 Å². The van der Waals surface area contributed by atoms with Crippen molar-refractivity contribution in [1.29, 1.82) is 0 Å². The third-order valence-electron chi connectivity index (χ3n) is 5.99. The molecule has 1 aromatic heterocycles. The predicted octanol–water partition coefficient (Wildman–Crippen LogP) is 4.20. The van der Waals surface area contributed by atoms with Crippen LogP contribution in [-0.4, -0.2) is 42.7 Å². The van der Waals surface area contributed by atoms with Crippen LogP contribution in [0.1, 0.15) is 27.9 Å². The molecule has 1 fully saturated rings. The molecule has 2 heterocycles. The number of ether oxygens (including phenoxy) is 2. The highest BCUT2D eigenvalue weighted by atomic mass is 19.4. The van der Waals surface area contributed by atoms with Gasteiger partial charge in [0.25, 0.3) is 5.91 Å². The molecule has 38 heavy (non-hydrogen) atoms. The second-order valence-corrected chi connectivity index (χ2v) is 8.64. The van der Waals surface area contributed by atoms with Crippen molar-refractivity contribution in [3.63, 3.8) is 0 Å². The number of hydrogen-bond donors (Lipinski definition) is 3. The van der Waals surface area contributed by atoms with Gasteiger partial charge < -0.3 is 25.4 Å². The van der Waals surface area contributed by atoms with E-state index in [1.54, 1.807) is 12.1 Å². The standard InChI is InChI=1S/C26H24F4N4O4/c1-37-20-10-17(13-31-14-20)23(35)34-25(8-9-38-15-25)24(36)32-12-16-2-5-19(6-3-16)33-22-7-4-18(27)11-21(22)26(28,29)30/h2-7,10-11,13-14,33H,8-9,12,15H2,1H3,(H,32,36)(H,34,35)/t25-/m0/s1. The molecule has 3 aromatic rings. The van der Waals surface area contributed by atoms with Gasteiger partial charge in [0.15, 0.2) is 0 Å². The number of carbonyl (C=O) groups is 2. The summed E-state index contributed by atoms with van der Waals surface area (Å²) in [5.74, 6) is -1.55. The normalized spacial score (nSPS) is 17.1. The zero-order valence-electron chi connectivity index (χ0n) is 20.2. The molecular formula is C26H24F4N4O4. The second-order valence-electron chi connectivity index (χ2n) is 8.64. The lowest BCUT2D eigenvalue weighted by molar-refractivity contribution is -0.137. The Morgan fingerprint density at radius 3 is 2.53 bits per heavy atom. The summed E-state index contributed by atoms with van der Waals surface area (Å²) in [5, 5.41) is 8.18. The molecule has 0 aliphatic carbocycles. The number of methoxy groups -OCH3 is 1. The number of rotatable bonds is 8. The van der Waals surface area contributed by atoms with Gasteiger partial charge in [0.05, 0.1) is 36.7 Å². The Kier molecular flexibility index (Phi) is 7.81. The molecule has 8 nitrogen and oxygen atoms in total. The van der Waals surface area contributed by atoms with Crippen LogP contribution < -0.4 is 20.7 Å². The lowest BCUT2D eigenvalue weighted by Crippen LogP contribution is -2.59. The van der Waals surface area contributed by atoms with E-state index < -0.39 is 34.9 Å². The summed E-state index contributed by atoms with van der Waals surface area (Å²) < 4.78 is 63.6.